The van der Waals surface area contributed by atoms with Gasteiger partial charge in [-0.05, 0) is 44.9 Å². The molecule has 0 N–H and O–H groups in total. The SMILES string of the molecule is CS(=O)(=O)c1cnc(N2CCCCC2)nc1C1CCN(C(=O)C2CC2)CC1. The first-order valence-electron chi connectivity index (χ1n) is 10.0. The maximum atomic E-state index is 12.3. The minimum Gasteiger partial charge on any atom is -0.342 e. The van der Waals surface area contributed by atoms with Gasteiger partial charge in [0.15, 0.2) is 9.84 Å². The standard InChI is InChI=1S/C19H28N4O3S/c1-27(25,26)16-13-20-19(23-9-3-2-4-10-23)21-17(16)14-7-11-22(12-8-14)18(24)15-5-6-15/h13-15H,2-12H2,1H3. The van der Waals surface area contributed by atoms with Crippen molar-refractivity contribution in [2.24, 2.45) is 5.92 Å². The second-order valence-electron chi connectivity index (χ2n) is 8.11. The highest BCUT2D eigenvalue weighted by Gasteiger charge is 2.36. The second kappa shape index (κ2) is 7.37. The van der Waals surface area contributed by atoms with Crippen molar-refractivity contribution in [1.29, 1.82) is 0 Å². The topological polar surface area (TPSA) is 83.5 Å². The van der Waals surface area contributed by atoms with Crippen LogP contribution in [0.15, 0.2) is 11.1 Å². The molecule has 3 heterocycles. The van der Waals surface area contributed by atoms with Crippen LogP contribution < -0.4 is 4.90 Å². The lowest BCUT2D eigenvalue weighted by Crippen LogP contribution is -2.39. The van der Waals surface area contributed by atoms with Crippen molar-refractivity contribution < 1.29 is 13.2 Å². The molecule has 8 heteroatoms. The molecule has 0 unspecified atom stereocenters. The smallest absolute Gasteiger partial charge is 0.225 e. The molecule has 0 aromatic carbocycles. The molecule has 3 aliphatic rings. The number of likely N-dealkylation sites (tertiary alicyclic amines) is 1. The molecule has 3 fully saturated rings. The first kappa shape index (κ1) is 18.7. The van der Waals surface area contributed by atoms with E-state index in [9.17, 15) is 13.2 Å². The van der Waals surface area contributed by atoms with E-state index in [0.29, 0.717) is 24.7 Å². The van der Waals surface area contributed by atoms with Crippen molar-refractivity contribution in [3.63, 3.8) is 0 Å². The third kappa shape index (κ3) is 4.10. The number of hydrogen-bond donors (Lipinski definition) is 0. The third-order valence-corrected chi connectivity index (χ3v) is 7.04. The van der Waals surface area contributed by atoms with E-state index in [1.807, 2.05) is 4.90 Å². The molecule has 7 nitrogen and oxygen atoms in total. The van der Waals surface area contributed by atoms with E-state index in [0.717, 1.165) is 51.6 Å². The molecule has 27 heavy (non-hydrogen) atoms. The molecular formula is C19H28N4O3S. The van der Waals surface area contributed by atoms with Crippen LogP contribution >= 0.6 is 0 Å². The van der Waals surface area contributed by atoms with Gasteiger partial charge in [-0.25, -0.2) is 18.4 Å². The summed E-state index contributed by atoms with van der Waals surface area (Å²) in [7, 11) is -3.39. The molecule has 0 radical (unpaired) electrons. The van der Waals surface area contributed by atoms with Gasteiger partial charge >= 0.3 is 0 Å². The summed E-state index contributed by atoms with van der Waals surface area (Å²) in [5.41, 5.74) is 0.645. The Hall–Kier alpha value is -1.70. The molecule has 4 rings (SSSR count). The van der Waals surface area contributed by atoms with Gasteiger partial charge < -0.3 is 9.80 Å². The van der Waals surface area contributed by atoms with Gasteiger partial charge in [-0.2, -0.15) is 0 Å². The molecule has 1 aliphatic carbocycles. The van der Waals surface area contributed by atoms with Gasteiger partial charge in [0.1, 0.15) is 4.90 Å². The number of anilines is 1. The summed E-state index contributed by atoms with van der Waals surface area (Å²) < 4.78 is 24.6. The van der Waals surface area contributed by atoms with Crippen molar-refractivity contribution in [2.45, 2.75) is 55.8 Å². The fourth-order valence-corrected chi connectivity index (χ4v) is 5.00. The van der Waals surface area contributed by atoms with Gasteiger partial charge in [-0.1, -0.05) is 0 Å². The highest BCUT2D eigenvalue weighted by atomic mass is 32.2. The second-order valence-corrected chi connectivity index (χ2v) is 10.1. The number of piperidine rings is 2. The number of carbonyl (C=O) groups excluding carboxylic acids is 1. The van der Waals surface area contributed by atoms with Gasteiger partial charge in [0.05, 0.1) is 11.9 Å². The lowest BCUT2D eigenvalue weighted by Gasteiger charge is -2.33. The largest absolute Gasteiger partial charge is 0.342 e. The van der Waals surface area contributed by atoms with E-state index >= 15 is 0 Å². The number of sulfone groups is 1. The quantitative estimate of drug-likeness (QED) is 0.779. The van der Waals surface area contributed by atoms with E-state index in [-0.39, 0.29) is 22.6 Å². The molecule has 1 aromatic rings. The minimum atomic E-state index is -3.39. The fraction of sp³-hybridized carbons (Fsp3) is 0.737. The average Bonchev–Trinajstić information content (AvgIpc) is 3.52. The van der Waals surface area contributed by atoms with Crippen molar-refractivity contribution in [3.05, 3.63) is 11.9 Å². The molecule has 0 bridgehead atoms. The van der Waals surface area contributed by atoms with E-state index in [1.165, 1.54) is 18.9 Å². The van der Waals surface area contributed by atoms with Crippen LogP contribution in [-0.2, 0) is 14.6 Å². The van der Waals surface area contributed by atoms with Crippen LogP contribution in [0.2, 0.25) is 0 Å². The first-order chi connectivity index (χ1) is 12.9. The van der Waals surface area contributed by atoms with E-state index in [4.69, 9.17) is 4.98 Å². The predicted octanol–water partition coefficient (Wildman–Crippen LogP) is 1.99. The minimum absolute atomic E-state index is 0.0597. The Bertz CT molecular complexity index is 808. The monoisotopic (exact) mass is 392 g/mol. The molecule has 1 saturated carbocycles. The van der Waals surface area contributed by atoms with Crippen molar-refractivity contribution >= 4 is 21.7 Å². The highest BCUT2D eigenvalue weighted by molar-refractivity contribution is 7.90. The molecule has 0 spiro atoms. The first-order valence-corrected chi connectivity index (χ1v) is 11.9. The molecule has 0 atom stereocenters. The van der Waals surface area contributed by atoms with E-state index < -0.39 is 9.84 Å². The Morgan fingerprint density at radius 3 is 2.30 bits per heavy atom. The molecular weight excluding hydrogens is 364 g/mol. The van der Waals surface area contributed by atoms with Crippen LogP contribution in [0.5, 0.6) is 0 Å². The Morgan fingerprint density at radius 2 is 1.70 bits per heavy atom. The van der Waals surface area contributed by atoms with Crippen LogP contribution in [0, 0.1) is 5.92 Å². The Kier molecular flexibility index (Phi) is 5.09. The van der Waals surface area contributed by atoms with Crippen LogP contribution in [0.3, 0.4) is 0 Å². The summed E-state index contributed by atoms with van der Waals surface area (Å²) in [4.78, 5) is 25.7. The van der Waals surface area contributed by atoms with Gasteiger partial charge in [0, 0.05) is 44.3 Å². The zero-order chi connectivity index (χ0) is 19.0. The van der Waals surface area contributed by atoms with E-state index in [2.05, 4.69) is 9.88 Å². The van der Waals surface area contributed by atoms with E-state index in [1.54, 1.807) is 0 Å². The molecule has 1 aromatic heterocycles. The van der Waals surface area contributed by atoms with Crippen LogP contribution in [0.25, 0.3) is 0 Å². The fourth-order valence-electron chi connectivity index (χ4n) is 4.16. The molecule has 148 valence electrons. The van der Waals surface area contributed by atoms with Gasteiger partial charge in [0.25, 0.3) is 0 Å². The van der Waals surface area contributed by atoms with Crippen LogP contribution in [-0.4, -0.2) is 61.6 Å². The van der Waals surface area contributed by atoms with Crippen LogP contribution in [0.4, 0.5) is 5.95 Å². The number of hydrogen-bond acceptors (Lipinski definition) is 6. The van der Waals surface area contributed by atoms with Crippen LogP contribution in [0.1, 0.15) is 56.6 Å². The summed E-state index contributed by atoms with van der Waals surface area (Å²) in [5.74, 6) is 1.21. The molecule has 2 saturated heterocycles. The summed E-state index contributed by atoms with van der Waals surface area (Å²) in [6, 6.07) is 0. The lowest BCUT2D eigenvalue weighted by atomic mass is 9.93. The van der Waals surface area contributed by atoms with Crippen molar-refractivity contribution in [3.8, 4) is 0 Å². The Morgan fingerprint density at radius 1 is 1.04 bits per heavy atom. The normalized spacial score (nSPS) is 22.1. The zero-order valence-corrected chi connectivity index (χ0v) is 16.7. The maximum absolute atomic E-state index is 12.3. The highest BCUT2D eigenvalue weighted by Crippen LogP contribution is 2.36. The van der Waals surface area contributed by atoms with Gasteiger partial charge in [-0.15, -0.1) is 0 Å². The zero-order valence-electron chi connectivity index (χ0n) is 15.9. The predicted molar refractivity (Wildman–Crippen MR) is 102 cm³/mol. The summed E-state index contributed by atoms with van der Waals surface area (Å²) in [6.45, 7) is 3.22. The summed E-state index contributed by atoms with van der Waals surface area (Å²) in [6.07, 6.45) is 9.73. The van der Waals surface area contributed by atoms with Crippen molar-refractivity contribution in [1.82, 2.24) is 14.9 Å². The Labute approximate surface area is 161 Å². The summed E-state index contributed by atoms with van der Waals surface area (Å²) >= 11 is 0. The number of aromatic nitrogens is 2. The van der Waals surface area contributed by atoms with Gasteiger partial charge in [-0.3, -0.25) is 4.79 Å². The number of carbonyl (C=O) groups is 1. The number of nitrogens with zero attached hydrogens (tertiary/aromatic N) is 4. The summed E-state index contributed by atoms with van der Waals surface area (Å²) in [5, 5.41) is 0. The number of rotatable bonds is 4. The molecule has 1 amide bonds. The third-order valence-electron chi connectivity index (χ3n) is 5.93. The van der Waals surface area contributed by atoms with Gasteiger partial charge in [0.2, 0.25) is 11.9 Å². The average molecular weight is 393 g/mol. The Balaban J connectivity index is 1.56. The maximum Gasteiger partial charge on any atom is 0.225 e. The van der Waals surface area contributed by atoms with Crippen molar-refractivity contribution in [2.75, 3.05) is 37.3 Å². The number of amides is 1. The molecule has 2 aliphatic heterocycles. The lowest BCUT2D eigenvalue weighted by molar-refractivity contribution is -0.133.